The standard InChI is InChI=1S/C14H19N5O2/c1-3-5-12(20)16-8-9-19-14(21)18(2)13(17-19)11-6-4-7-15-10-11/h4,6-7,10H,3,5,8-9H2,1-2H3,(H,16,20). The van der Waals surface area contributed by atoms with Crippen molar-refractivity contribution in [3.8, 4) is 11.4 Å². The number of nitrogens with zero attached hydrogens (tertiary/aromatic N) is 4. The van der Waals surface area contributed by atoms with E-state index in [0.29, 0.717) is 25.3 Å². The molecule has 0 aromatic carbocycles. The normalized spacial score (nSPS) is 10.6. The molecular weight excluding hydrogens is 270 g/mol. The molecule has 0 bridgehead atoms. The molecule has 0 spiro atoms. The third kappa shape index (κ3) is 3.56. The molecule has 0 saturated heterocycles. The number of rotatable bonds is 6. The quantitative estimate of drug-likeness (QED) is 0.842. The van der Waals surface area contributed by atoms with Gasteiger partial charge in [0.1, 0.15) is 0 Å². The Bertz CT molecular complexity index is 660. The van der Waals surface area contributed by atoms with Crippen molar-refractivity contribution in [3.63, 3.8) is 0 Å². The SMILES string of the molecule is CCCC(=O)NCCn1nc(-c2cccnc2)n(C)c1=O. The van der Waals surface area contributed by atoms with Gasteiger partial charge in [0.05, 0.1) is 6.54 Å². The molecule has 112 valence electrons. The van der Waals surface area contributed by atoms with Gasteiger partial charge in [-0.2, -0.15) is 0 Å². The summed E-state index contributed by atoms with van der Waals surface area (Å²) >= 11 is 0. The summed E-state index contributed by atoms with van der Waals surface area (Å²) in [5.41, 5.74) is 0.574. The van der Waals surface area contributed by atoms with Crippen molar-refractivity contribution in [2.45, 2.75) is 26.3 Å². The van der Waals surface area contributed by atoms with Gasteiger partial charge in [-0.05, 0) is 18.6 Å². The average molecular weight is 289 g/mol. The zero-order valence-electron chi connectivity index (χ0n) is 12.2. The van der Waals surface area contributed by atoms with Crippen LogP contribution in [0, 0.1) is 0 Å². The van der Waals surface area contributed by atoms with Crippen LogP contribution in [0.1, 0.15) is 19.8 Å². The van der Waals surface area contributed by atoms with Crippen molar-refractivity contribution in [2.24, 2.45) is 7.05 Å². The van der Waals surface area contributed by atoms with E-state index >= 15 is 0 Å². The lowest BCUT2D eigenvalue weighted by Crippen LogP contribution is -2.31. The molecule has 0 atom stereocenters. The van der Waals surface area contributed by atoms with Crippen LogP contribution >= 0.6 is 0 Å². The van der Waals surface area contributed by atoms with E-state index in [0.717, 1.165) is 12.0 Å². The first-order chi connectivity index (χ1) is 10.1. The predicted octanol–water partition coefficient (Wildman–Crippen LogP) is 0.560. The van der Waals surface area contributed by atoms with Gasteiger partial charge in [-0.25, -0.2) is 9.48 Å². The summed E-state index contributed by atoms with van der Waals surface area (Å²) in [5, 5.41) is 7.07. The fourth-order valence-electron chi connectivity index (χ4n) is 2.00. The van der Waals surface area contributed by atoms with E-state index in [4.69, 9.17) is 0 Å². The number of aromatic nitrogens is 4. The van der Waals surface area contributed by atoms with Crippen LogP contribution in [0.4, 0.5) is 0 Å². The highest BCUT2D eigenvalue weighted by molar-refractivity contribution is 5.75. The molecule has 2 aromatic heterocycles. The monoisotopic (exact) mass is 289 g/mol. The van der Waals surface area contributed by atoms with E-state index < -0.39 is 0 Å². The first kappa shape index (κ1) is 15.0. The molecular formula is C14H19N5O2. The summed E-state index contributed by atoms with van der Waals surface area (Å²) in [6.07, 6.45) is 4.63. The first-order valence-corrected chi connectivity index (χ1v) is 6.94. The number of hydrogen-bond acceptors (Lipinski definition) is 4. The Hall–Kier alpha value is -2.44. The van der Waals surface area contributed by atoms with E-state index in [1.54, 1.807) is 25.5 Å². The van der Waals surface area contributed by atoms with Crippen LogP contribution < -0.4 is 11.0 Å². The zero-order valence-corrected chi connectivity index (χ0v) is 12.2. The summed E-state index contributed by atoms with van der Waals surface area (Å²) < 4.78 is 2.83. The fraction of sp³-hybridized carbons (Fsp3) is 0.429. The number of nitrogens with one attached hydrogen (secondary N) is 1. The van der Waals surface area contributed by atoms with Crippen LogP contribution in [0.5, 0.6) is 0 Å². The van der Waals surface area contributed by atoms with Crippen LogP contribution in [0.15, 0.2) is 29.3 Å². The van der Waals surface area contributed by atoms with Crippen molar-refractivity contribution < 1.29 is 4.79 Å². The van der Waals surface area contributed by atoms with Gasteiger partial charge >= 0.3 is 5.69 Å². The van der Waals surface area contributed by atoms with Gasteiger partial charge in [0.2, 0.25) is 5.91 Å². The Kier molecular flexibility index (Phi) is 4.86. The number of hydrogen-bond donors (Lipinski definition) is 1. The van der Waals surface area contributed by atoms with Crippen LogP contribution in [-0.2, 0) is 18.4 Å². The van der Waals surface area contributed by atoms with Crippen LogP contribution in [-0.4, -0.2) is 31.8 Å². The topological polar surface area (TPSA) is 81.8 Å². The molecule has 0 aliphatic heterocycles. The van der Waals surface area contributed by atoms with Crippen molar-refractivity contribution in [1.29, 1.82) is 0 Å². The summed E-state index contributed by atoms with van der Waals surface area (Å²) in [5.74, 6) is 0.557. The van der Waals surface area contributed by atoms with Gasteiger partial charge in [-0.15, -0.1) is 5.10 Å². The van der Waals surface area contributed by atoms with E-state index in [-0.39, 0.29) is 11.6 Å². The lowest BCUT2D eigenvalue weighted by Gasteiger charge is -2.03. The van der Waals surface area contributed by atoms with Crippen molar-refractivity contribution >= 4 is 5.91 Å². The maximum atomic E-state index is 12.1. The fourth-order valence-corrected chi connectivity index (χ4v) is 2.00. The van der Waals surface area contributed by atoms with Crippen molar-refractivity contribution in [1.82, 2.24) is 24.6 Å². The Morgan fingerprint density at radius 2 is 2.24 bits per heavy atom. The Labute approximate surface area is 122 Å². The average Bonchev–Trinajstić information content (AvgIpc) is 2.77. The highest BCUT2D eigenvalue weighted by Gasteiger charge is 2.12. The second-order valence-electron chi connectivity index (χ2n) is 4.73. The molecule has 2 aromatic rings. The summed E-state index contributed by atoms with van der Waals surface area (Å²) in [6.45, 7) is 2.69. The molecule has 2 rings (SSSR count). The molecule has 7 heteroatoms. The van der Waals surface area contributed by atoms with Crippen LogP contribution in [0.3, 0.4) is 0 Å². The minimum Gasteiger partial charge on any atom is -0.354 e. The minimum absolute atomic E-state index is 0.00559. The van der Waals surface area contributed by atoms with Crippen molar-refractivity contribution in [2.75, 3.05) is 6.54 Å². The number of carbonyl (C=O) groups is 1. The van der Waals surface area contributed by atoms with Crippen LogP contribution in [0.2, 0.25) is 0 Å². The molecule has 1 amide bonds. The third-order valence-electron chi connectivity index (χ3n) is 3.08. The maximum absolute atomic E-state index is 12.1. The van der Waals surface area contributed by atoms with Gasteiger partial charge in [0.15, 0.2) is 5.82 Å². The third-order valence-corrected chi connectivity index (χ3v) is 3.08. The second-order valence-corrected chi connectivity index (χ2v) is 4.73. The molecule has 0 fully saturated rings. The predicted molar refractivity (Wildman–Crippen MR) is 78.6 cm³/mol. The zero-order chi connectivity index (χ0) is 15.2. The molecule has 21 heavy (non-hydrogen) atoms. The highest BCUT2D eigenvalue weighted by atomic mass is 16.2. The Morgan fingerprint density at radius 1 is 1.43 bits per heavy atom. The van der Waals surface area contributed by atoms with Gasteiger partial charge in [0, 0.05) is 38.0 Å². The molecule has 0 saturated carbocycles. The van der Waals surface area contributed by atoms with Crippen molar-refractivity contribution in [3.05, 3.63) is 35.0 Å². The number of carbonyl (C=O) groups excluding carboxylic acids is 1. The number of amides is 1. The smallest absolute Gasteiger partial charge is 0.345 e. The number of pyridine rings is 1. The maximum Gasteiger partial charge on any atom is 0.345 e. The molecule has 2 heterocycles. The summed E-state index contributed by atoms with van der Waals surface area (Å²) in [4.78, 5) is 27.5. The lowest BCUT2D eigenvalue weighted by atomic mass is 10.3. The molecule has 0 aliphatic rings. The summed E-state index contributed by atoms with van der Waals surface area (Å²) in [7, 11) is 1.67. The minimum atomic E-state index is -0.210. The Morgan fingerprint density at radius 3 is 2.90 bits per heavy atom. The van der Waals surface area contributed by atoms with Gasteiger partial charge in [0.25, 0.3) is 0 Å². The largest absolute Gasteiger partial charge is 0.354 e. The molecule has 0 radical (unpaired) electrons. The molecule has 0 aliphatic carbocycles. The van der Waals surface area contributed by atoms with Crippen LogP contribution in [0.25, 0.3) is 11.4 Å². The van der Waals surface area contributed by atoms with Gasteiger partial charge in [-0.3, -0.25) is 14.3 Å². The van der Waals surface area contributed by atoms with E-state index in [1.165, 1.54) is 9.25 Å². The van der Waals surface area contributed by atoms with Gasteiger partial charge in [-0.1, -0.05) is 6.92 Å². The molecule has 1 N–H and O–H groups in total. The lowest BCUT2D eigenvalue weighted by molar-refractivity contribution is -0.121. The molecule has 7 nitrogen and oxygen atoms in total. The first-order valence-electron chi connectivity index (χ1n) is 6.94. The summed E-state index contributed by atoms with van der Waals surface area (Å²) in [6, 6.07) is 3.64. The molecule has 0 unspecified atom stereocenters. The Balaban J connectivity index is 2.09. The van der Waals surface area contributed by atoms with E-state index in [2.05, 4.69) is 15.4 Å². The highest BCUT2D eigenvalue weighted by Crippen LogP contribution is 2.12. The second kappa shape index (κ2) is 6.83. The van der Waals surface area contributed by atoms with Gasteiger partial charge < -0.3 is 5.32 Å². The van der Waals surface area contributed by atoms with E-state index in [1.807, 2.05) is 13.0 Å². The van der Waals surface area contributed by atoms with E-state index in [9.17, 15) is 9.59 Å².